The van der Waals surface area contributed by atoms with Crippen LogP contribution in [0.4, 0.5) is 0 Å². The molecule has 0 aliphatic carbocycles. The van der Waals surface area contributed by atoms with E-state index in [9.17, 15) is 0 Å². The highest BCUT2D eigenvalue weighted by Crippen LogP contribution is 2.27. The van der Waals surface area contributed by atoms with Gasteiger partial charge in [-0.3, -0.25) is 0 Å². The van der Waals surface area contributed by atoms with E-state index in [4.69, 9.17) is 0 Å². The van der Waals surface area contributed by atoms with Gasteiger partial charge in [0.25, 0.3) is 0 Å². The first-order valence-electron chi connectivity index (χ1n) is 8.43. The highest BCUT2D eigenvalue weighted by molar-refractivity contribution is 7.98. The second-order valence-corrected chi connectivity index (χ2v) is 6.61. The van der Waals surface area contributed by atoms with Gasteiger partial charge in [0.05, 0.1) is 23.3 Å². The molecular weight excluding hydrogens is 344 g/mol. The zero-order chi connectivity index (χ0) is 17.8. The first kappa shape index (κ1) is 16.5. The summed E-state index contributed by atoms with van der Waals surface area (Å²) >= 11 is 1.64. The number of para-hydroxylation sites is 1. The van der Waals surface area contributed by atoms with Gasteiger partial charge in [-0.1, -0.05) is 60.3 Å². The Morgan fingerprint density at radius 2 is 1.69 bits per heavy atom. The predicted octanol–water partition coefficient (Wildman–Crippen LogP) is 3.84. The standard InChI is InChI=1S/C19H18N6S/c1-2-24-17(15-9-5-3-6-10-15)13-20-19(24)26-14-18-21-22-23-25(18)16-11-7-4-8-12-16/h3-13H,2,14H2,1H3. The minimum atomic E-state index is 0.646. The van der Waals surface area contributed by atoms with Gasteiger partial charge in [-0.25, -0.2) is 4.98 Å². The van der Waals surface area contributed by atoms with E-state index < -0.39 is 0 Å². The number of thioether (sulfide) groups is 1. The lowest BCUT2D eigenvalue weighted by atomic mass is 10.2. The lowest BCUT2D eigenvalue weighted by Gasteiger charge is -2.09. The quantitative estimate of drug-likeness (QED) is 0.488. The van der Waals surface area contributed by atoms with Crippen LogP contribution in [0, 0.1) is 0 Å². The van der Waals surface area contributed by atoms with E-state index in [1.54, 1.807) is 16.4 Å². The van der Waals surface area contributed by atoms with Gasteiger partial charge >= 0.3 is 0 Å². The van der Waals surface area contributed by atoms with E-state index in [1.807, 2.05) is 54.7 Å². The summed E-state index contributed by atoms with van der Waals surface area (Å²) in [5, 5.41) is 13.1. The third-order valence-electron chi connectivity index (χ3n) is 4.07. The Bertz CT molecular complexity index is 978. The van der Waals surface area contributed by atoms with Crippen molar-refractivity contribution in [3.8, 4) is 16.9 Å². The van der Waals surface area contributed by atoms with Crippen molar-refractivity contribution in [2.75, 3.05) is 0 Å². The Morgan fingerprint density at radius 3 is 2.42 bits per heavy atom. The molecule has 2 heterocycles. The molecule has 0 spiro atoms. The van der Waals surface area contributed by atoms with Gasteiger partial charge in [-0.2, -0.15) is 4.68 Å². The Labute approximate surface area is 155 Å². The molecule has 0 aliphatic rings. The average molecular weight is 362 g/mol. The number of aromatic nitrogens is 6. The van der Waals surface area contributed by atoms with E-state index in [2.05, 4.69) is 44.1 Å². The van der Waals surface area contributed by atoms with Gasteiger partial charge in [0.1, 0.15) is 0 Å². The minimum absolute atomic E-state index is 0.646. The second-order valence-electron chi connectivity index (χ2n) is 5.67. The summed E-state index contributed by atoms with van der Waals surface area (Å²) < 4.78 is 3.99. The van der Waals surface area contributed by atoms with E-state index in [0.717, 1.165) is 28.9 Å². The second kappa shape index (κ2) is 7.53. The monoisotopic (exact) mass is 362 g/mol. The van der Waals surface area contributed by atoms with Crippen molar-refractivity contribution < 1.29 is 0 Å². The first-order chi connectivity index (χ1) is 12.9. The summed E-state index contributed by atoms with van der Waals surface area (Å²) in [5.41, 5.74) is 3.25. The maximum Gasteiger partial charge on any atom is 0.168 e. The van der Waals surface area contributed by atoms with Crippen LogP contribution in [0.3, 0.4) is 0 Å². The molecular formula is C19H18N6S. The van der Waals surface area contributed by atoms with Crippen molar-refractivity contribution in [3.63, 3.8) is 0 Å². The summed E-state index contributed by atoms with van der Waals surface area (Å²) in [5.74, 6) is 1.45. The Hall–Kier alpha value is -2.93. The number of benzene rings is 2. The topological polar surface area (TPSA) is 61.4 Å². The number of hydrogen-bond donors (Lipinski definition) is 0. The molecule has 0 N–H and O–H groups in total. The number of nitrogens with zero attached hydrogens (tertiary/aromatic N) is 6. The van der Waals surface area contributed by atoms with Crippen LogP contribution in [0.2, 0.25) is 0 Å². The van der Waals surface area contributed by atoms with Crippen LogP contribution in [-0.2, 0) is 12.3 Å². The summed E-state index contributed by atoms with van der Waals surface area (Å²) in [4.78, 5) is 4.61. The van der Waals surface area contributed by atoms with Crippen LogP contribution in [0.15, 0.2) is 72.0 Å². The van der Waals surface area contributed by atoms with E-state index >= 15 is 0 Å². The summed E-state index contributed by atoms with van der Waals surface area (Å²) in [6, 6.07) is 20.2. The van der Waals surface area contributed by atoms with Gasteiger partial charge in [0.15, 0.2) is 11.0 Å². The minimum Gasteiger partial charge on any atom is -0.319 e. The molecule has 4 aromatic rings. The molecule has 2 aromatic carbocycles. The van der Waals surface area contributed by atoms with Crippen LogP contribution in [-0.4, -0.2) is 29.8 Å². The van der Waals surface area contributed by atoms with Crippen molar-refractivity contribution in [2.45, 2.75) is 24.4 Å². The Kier molecular flexibility index (Phi) is 4.79. The Balaban J connectivity index is 1.57. The van der Waals surface area contributed by atoms with Crippen molar-refractivity contribution in [3.05, 3.63) is 72.7 Å². The van der Waals surface area contributed by atoms with Crippen molar-refractivity contribution in [1.29, 1.82) is 0 Å². The third-order valence-corrected chi connectivity index (χ3v) is 5.06. The molecule has 0 fully saturated rings. The van der Waals surface area contributed by atoms with Gasteiger partial charge in [0.2, 0.25) is 0 Å². The molecule has 4 rings (SSSR count). The first-order valence-corrected chi connectivity index (χ1v) is 9.42. The molecule has 26 heavy (non-hydrogen) atoms. The van der Waals surface area contributed by atoms with Crippen molar-refractivity contribution in [2.24, 2.45) is 0 Å². The molecule has 0 atom stereocenters. The molecule has 6 nitrogen and oxygen atoms in total. The lowest BCUT2D eigenvalue weighted by Crippen LogP contribution is -2.03. The van der Waals surface area contributed by atoms with E-state index in [1.165, 1.54) is 5.56 Å². The van der Waals surface area contributed by atoms with Gasteiger partial charge in [0, 0.05) is 6.54 Å². The summed E-state index contributed by atoms with van der Waals surface area (Å²) in [6.07, 6.45) is 1.93. The number of rotatable bonds is 6. The maximum atomic E-state index is 4.61. The van der Waals surface area contributed by atoms with Crippen LogP contribution in [0.5, 0.6) is 0 Å². The zero-order valence-electron chi connectivity index (χ0n) is 14.4. The maximum absolute atomic E-state index is 4.61. The van der Waals surface area contributed by atoms with E-state index in [-0.39, 0.29) is 0 Å². The number of imidazole rings is 1. The highest BCUT2D eigenvalue weighted by atomic mass is 32.2. The fourth-order valence-electron chi connectivity index (χ4n) is 2.81. The molecule has 0 radical (unpaired) electrons. The number of tetrazole rings is 1. The molecule has 0 unspecified atom stereocenters. The van der Waals surface area contributed by atoms with Crippen LogP contribution in [0.1, 0.15) is 12.7 Å². The summed E-state index contributed by atoms with van der Waals surface area (Å²) in [7, 11) is 0. The predicted molar refractivity (Wildman–Crippen MR) is 102 cm³/mol. The molecule has 7 heteroatoms. The molecule has 0 aliphatic heterocycles. The average Bonchev–Trinajstić information content (AvgIpc) is 3.34. The van der Waals surface area contributed by atoms with E-state index in [0.29, 0.717) is 5.75 Å². The van der Waals surface area contributed by atoms with Crippen LogP contribution in [0.25, 0.3) is 16.9 Å². The largest absolute Gasteiger partial charge is 0.319 e. The molecule has 0 bridgehead atoms. The fraction of sp³-hybridized carbons (Fsp3) is 0.158. The van der Waals surface area contributed by atoms with Gasteiger partial charge in [-0.05, 0) is 35.0 Å². The third kappa shape index (κ3) is 3.25. The van der Waals surface area contributed by atoms with Crippen LogP contribution < -0.4 is 0 Å². The summed E-state index contributed by atoms with van der Waals surface area (Å²) in [6.45, 7) is 2.99. The van der Waals surface area contributed by atoms with Crippen molar-refractivity contribution in [1.82, 2.24) is 29.8 Å². The van der Waals surface area contributed by atoms with Gasteiger partial charge < -0.3 is 4.57 Å². The smallest absolute Gasteiger partial charge is 0.168 e. The molecule has 2 aromatic heterocycles. The molecule has 0 saturated heterocycles. The Morgan fingerprint density at radius 1 is 0.962 bits per heavy atom. The molecule has 0 amide bonds. The highest BCUT2D eigenvalue weighted by Gasteiger charge is 2.14. The van der Waals surface area contributed by atoms with Crippen LogP contribution >= 0.6 is 11.8 Å². The lowest BCUT2D eigenvalue weighted by molar-refractivity contribution is 0.687. The zero-order valence-corrected chi connectivity index (χ0v) is 15.2. The fourth-order valence-corrected chi connectivity index (χ4v) is 3.76. The number of hydrogen-bond acceptors (Lipinski definition) is 5. The molecule has 0 saturated carbocycles. The molecule has 130 valence electrons. The van der Waals surface area contributed by atoms with Gasteiger partial charge in [-0.15, -0.1) is 5.10 Å². The normalized spacial score (nSPS) is 11.0. The van der Waals surface area contributed by atoms with Crippen molar-refractivity contribution >= 4 is 11.8 Å². The SMILES string of the molecule is CCn1c(-c2ccccc2)cnc1SCc1nnnn1-c1ccccc1.